The first-order valence-corrected chi connectivity index (χ1v) is 10.0. The summed E-state index contributed by atoms with van der Waals surface area (Å²) in [4.78, 5) is 20.8. The Morgan fingerprint density at radius 1 is 1.33 bits per heavy atom. The highest BCUT2D eigenvalue weighted by Gasteiger charge is 2.30. The van der Waals surface area contributed by atoms with Crippen LogP contribution in [0.25, 0.3) is 0 Å². The Kier molecular flexibility index (Phi) is 5.31. The van der Waals surface area contributed by atoms with E-state index >= 15 is 0 Å². The van der Waals surface area contributed by atoms with Crippen LogP contribution in [0, 0.1) is 11.7 Å². The molecule has 8 heteroatoms. The first kappa shape index (κ1) is 18.3. The van der Waals surface area contributed by atoms with Gasteiger partial charge in [-0.1, -0.05) is 16.8 Å². The minimum atomic E-state index is -0.588. The lowest BCUT2D eigenvalue weighted by Crippen LogP contribution is -2.38. The number of hydrogen-bond acceptors (Lipinski definition) is 5. The van der Waals surface area contributed by atoms with E-state index in [1.165, 1.54) is 23.5 Å². The van der Waals surface area contributed by atoms with Crippen LogP contribution in [0.2, 0.25) is 4.34 Å². The van der Waals surface area contributed by atoms with Crippen LogP contribution < -0.4 is 10.2 Å². The molecule has 0 aliphatic carbocycles. The van der Waals surface area contributed by atoms with Crippen molar-refractivity contribution < 1.29 is 14.0 Å². The van der Waals surface area contributed by atoms with E-state index in [1.54, 1.807) is 12.1 Å². The van der Waals surface area contributed by atoms with Crippen LogP contribution >= 0.6 is 22.9 Å². The van der Waals surface area contributed by atoms with Gasteiger partial charge in [-0.2, -0.15) is 0 Å². The number of thiophene rings is 1. The van der Waals surface area contributed by atoms with Gasteiger partial charge in [-0.3, -0.25) is 4.79 Å². The number of halogens is 2. The van der Waals surface area contributed by atoms with Gasteiger partial charge in [-0.25, -0.2) is 4.39 Å². The molecule has 0 radical (unpaired) electrons. The number of anilines is 1. The lowest BCUT2D eigenvalue weighted by molar-refractivity contribution is -0.131. The van der Waals surface area contributed by atoms with E-state index in [0.717, 1.165) is 35.8 Å². The SMILES string of the molecule is O=C(NCC1CCN(c2ccc(F)cc2)C1)C1CC(c2ccc(Cl)s2)=NO1. The smallest absolute Gasteiger partial charge is 0.264 e. The predicted octanol–water partition coefficient (Wildman–Crippen LogP) is 3.68. The first-order chi connectivity index (χ1) is 13.1. The average molecular weight is 408 g/mol. The quantitative estimate of drug-likeness (QED) is 0.822. The van der Waals surface area contributed by atoms with E-state index in [1.807, 2.05) is 12.1 Å². The number of nitrogens with one attached hydrogen (secondary N) is 1. The molecule has 2 atom stereocenters. The largest absolute Gasteiger partial charge is 0.382 e. The van der Waals surface area contributed by atoms with Crippen LogP contribution in [0.4, 0.5) is 10.1 Å². The third kappa shape index (κ3) is 4.25. The zero-order valence-corrected chi connectivity index (χ0v) is 16.1. The average Bonchev–Trinajstić information content (AvgIpc) is 3.40. The molecular formula is C19H19ClFN3O2S. The first-order valence-electron chi connectivity index (χ1n) is 8.85. The minimum Gasteiger partial charge on any atom is -0.382 e. The minimum absolute atomic E-state index is 0.142. The van der Waals surface area contributed by atoms with E-state index in [2.05, 4.69) is 15.4 Å². The number of carbonyl (C=O) groups excluding carboxylic acids is 1. The fourth-order valence-electron chi connectivity index (χ4n) is 3.38. The number of hydrogen-bond donors (Lipinski definition) is 1. The van der Waals surface area contributed by atoms with Crippen LogP contribution in [-0.2, 0) is 9.63 Å². The van der Waals surface area contributed by atoms with Crippen molar-refractivity contribution in [1.29, 1.82) is 0 Å². The molecule has 2 aliphatic rings. The van der Waals surface area contributed by atoms with Gasteiger partial charge < -0.3 is 15.1 Å². The molecule has 0 spiro atoms. The molecule has 1 fully saturated rings. The molecule has 1 aromatic heterocycles. The van der Waals surface area contributed by atoms with E-state index < -0.39 is 6.10 Å². The highest BCUT2D eigenvalue weighted by Crippen LogP contribution is 2.27. The Hall–Kier alpha value is -2.12. The summed E-state index contributed by atoms with van der Waals surface area (Å²) in [5, 5.41) is 7.01. The van der Waals surface area contributed by atoms with Crippen molar-refractivity contribution in [2.24, 2.45) is 11.1 Å². The summed E-state index contributed by atoms with van der Waals surface area (Å²) >= 11 is 7.37. The third-order valence-corrected chi connectivity index (χ3v) is 6.14. The monoisotopic (exact) mass is 407 g/mol. The molecule has 1 N–H and O–H groups in total. The lowest BCUT2D eigenvalue weighted by atomic mass is 10.1. The topological polar surface area (TPSA) is 53.9 Å². The maximum absolute atomic E-state index is 13.1. The van der Waals surface area contributed by atoms with Gasteiger partial charge in [0.1, 0.15) is 11.5 Å². The summed E-state index contributed by atoms with van der Waals surface area (Å²) in [6.45, 7) is 2.34. The van der Waals surface area contributed by atoms with E-state index in [4.69, 9.17) is 16.4 Å². The normalized spacial score (nSPS) is 21.9. The van der Waals surface area contributed by atoms with Gasteiger partial charge in [0.2, 0.25) is 6.10 Å². The van der Waals surface area contributed by atoms with Gasteiger partial charge in [0.05, 0.1) is 9.21 Å². The molecule has 3 heterocycles. The number of amides is 1. The van der Waals surface area contributed by atoms with Crippen LogP contribution in [0.5, 0.6) is 0 Å². The molecule has 0 saturated carbocycles. The molecule has 142 valence electrons. The fraction of sp³-hybridized carbons (Fsp3) is 0.368. The Balaban J connectivity index is 1.24. The molecule has 0 bridgehead atoms. The standard InChI is InChI=1S/C19H19ClFN3O2S/c20-18-6-5-17(27-18)15-9-16(26-23-15)19(25)22-10-12-7-8-24(11-12)14-3-1-13(21)2-4-14/h1-6,12,16H,7-11H2,(H,22,25). The molecule has 2 unspecified atom stereocenters. The molecule has 4 rings (SSSR count). The van der Waals surface area contributed by atoms with E-state index in [-0.39, 0.29) is 11.7 Å². The molecule has 1 saturated heterocycles. The second-order valence-corrected chi connectivity index (χ2v) is 8.48. The number of carbonyl (C=O) groups is 1. The Bertz CT molecular complexity index is 855. The van der Waals surface area contributed by atoms with Crippen molar-refractivity contribution in [2.75, 3.05) is 24.5 Å². The Morgan fingerprint density at radius 3 is 2.89 bits per heavy atom. The van der Waals surface area contributed by atoms with Gasteiger partial charge in [0, 0.05) is 31.7 Å². The second-order valence-electron chi connectivity index (χ2n) is 6.76. The molecule has 2 aromatic rings. The summed E-state index contributed by atoms with van der Waals surface area (Å²) in [6.07, 6.45) is 0.851. The highest BCUT2D eigenvalue weighted by atomic mass is 35.5. The van der Waals surface area contributed by atoms with Crippen LogP contribution in [-0.4, -0.2) is 37.4 Å². The number of benzene rings is 1. The van der Waals surface area contributed by atoms with Gasteiger partial charge in [0.15, 0.2) is 0 Å². The van der Waals surface area contributed by atoms with Crippen molar-refractivity contribution in [3.63, 3.8) is 0 Å². The number of oxime groups is 1. The zero-order chi connectivity index (χ0) is 18.8. The summed E-state index contributed by atoms with van der Waals surface area (Å²) < 4.78 is 13.7. The van der Waals surface area contributed by atoms with Gasteiger partial charge in [-0.15, -0.1) is 11.3 Å². The summed E-state index contributed by atoms with van der Waals surface area (Å²) in [5.74, 6) is -0.0155. The molecular weight excluding hydrogens is 389 g/mol. The van der Waals surface area contributed by atoms with Crippen LogP contribution in [0.1, 0.15) is 17.7 Å². The van der Waals surface area contributed by atoms with Gasteiger partial charge in [0.25, 0.3) is 5.91 Å². The maximum atomic E-state index is 13.1. The van der Waals surface area contributed by atoms with E-state index in [9.17, 15) is 9.18 Å². The molecule has 27 heavy (non-hydrogen) atoms. The maximum Gasteiger partial charge on any atom is 0.264 e. The van der Waals surface area contributed by atoms with Crippen molar-refractivity contribution >= 4 is 40.2 Å². The van der Waals surface area contributed by atoms with Crippen molar-refractivity contribution in [3.05, 3.63) is 51.4 Å². The van der Waals surface area contributed by atoms with Crippen LogP contribution in [0.15, 0.2) is 41.6 Å². The summed E-state index contributed by atoms with van der Waals surface area (Å²) in [7, 11) is 0. The second kappa shape index (κ2) is 7.86. The molecule has 2 aliphatic heterocycles. The molecule has 5 nitrogen and oxygen atoms in total. The van der Waals surface area contributed by atoms with Gasteiger partial charge in [-0.05, 0) is 48.7 Å². The molecule has 1 aromatic carbocycles. The van der Waals surface area contributed by atoms with Crippen molar-refractivity contribution in [2.45, 2.75) is 18.9 Å². The number of nitrogens with zero attached hydrogens (tertiary/aromatic N) is 2. The van der Waals surface area contributed by atoms with Crippen molar-refractivity contribution in [1.82, 2.24) is 5.32 Å². The third-order valence-electron chi connectivity index (χ3n) is 4.86. The lowest BCUT2D eigenvalue weighted by Gasteiger charge is -2.19. The fourth-order valence-corrected chi connectivity index (χ4v) is 4.41. The van der Waals surface area contributed by atoms with E-state index in [0.29, 0.717) is 23.2 Å². The molecule has 1 amide bonds. The predicted molar refractivity (Wildman–Crippen MR) is 105 cm³/mol. The van der Waals surface area contributed by atoms with Gasteiger partial charge >= 0.3 is 0 Å². The summed E-state index contributed by atoms with van der Waals surface area (Å²) in [5.41, 5.74) is 1.77. The van der Waals surface area contributed by atoms with Crippen molar-refractivity contribution in [3.8, 4) is 0 Å². The zero-order valence-electron chi connectivity index (χ0n) is 14.5. The highest BCUT2D eigenvalue weighted by molar-refractivity contribution is 7.18. The van der Waals surface area contributed by atoms with Crippen LogP contribution in [0.3, 0.4) is 0 Å². The Labute approximate surface area is 165 Å². The number of rotatable bonds is 5. The Morgan fingerprint density at radius 2 is 2.15 bits per heavy atom. The summed E-state index contributed by atoms with van der Waals surface area (Å²) in [6, 6.07) is 10.2.